The van der Waals surface area contributed by atoms with Crippen molar-refractivity contribution >= 4 is 46.4 Å². The Labute approximate surface area is 189 Å². The van der Waals surface area contributed by atoms with Gasteiger partial charge in [-0.15, -0.1) is 0 Å². The van der Waals surface area contributed by atoms with E-state index >= 15 is 0 Å². The lowest BCUT2D eigenvalue weighted by Gasteiger charge is -2.15. The minimum Gasteiger partial charge on any atom is -0.453 e. The maximum absolute atomic E-state index is 12.3. The van der Waals surface area contributed by atoms with Crippen molar-refractivity contribution in [1.29, 1.82) is 0 Å². The number of aromatic nitrogens is 3. The number of amides is 1. The molecule has 1 aromatic heterocycles. The van der Waals surface area contributed by atoms with Gasteiger partial charge in [-0.2, -0.15) is 5.10 Å². The van der Waals surface area contributed by atoms with Gasteiger partial charge in [0.2, 0.25) is 5.91 Å². The van der Waals surface area contributed by atoms with Gasteiger partial charge in [0.1, 0.15) is 5.75 Å². The molecule has 1 aliphatic heterocycles. The maximum Gasteiger partial charge on any atom is 0.344 e. The van der Waals surface area contributed by atoms with Crippen LogP contribution in [-0.4, -0.2) is 20.7 Å². The molecule has 0 unspecified atom stereocenters. The van der Waals surface area contributed by atoms with Crippen LogP contribution in [0.25, 0.3) is 11.3 Å². The highest BCUT2D eigenvalue weighted by Crippen LogP contribution is 2.59. The average molecular weight is 480 g/mol. The second kappa shape index (κ2) is 6.85. The van der Waals surface area contributed by atoms with Gasteiger partial charge in [0.15, 0.2) is 11.4 Å². The van der Waals surface area contributed by atoms with Crippen LogP contribution in [0.1, 0.15) is 18.4 Å². The molecule has 5 rings (SSSR count). The van der Waals surface area contributed by atoms with Crippen LogP contribution in [0.5, 0.6) is 11.5 Å². The van der Waals surface area contributed by atoms with E-state index in [1.54, 1.807) is 12.1 Å². The summed E-state index contributed by atoms with van der Waals surface area (Å²) in [6.07, 6.45) is 1.46. The van der Waals surface area contributed by atoms with Crippen molar-refractivity contribution in [3.63, 3.8) is 0 Å². The lowest BCUT2D eigenvalue weighted by atomic mass is 9.97. The van der Waals surface area contributed by atoms with Crippen LogP contribution in [0.4, 0.5) is 5.69 Å². The summed E-state index contributed by atoms with van der Waals surface area (Å²) in [6.45, 7) is 0. The van der Waals surface area contributed by atoms with E-state index in [1.165, 1.54) is 19.2 Å². The molecule has 0 atom stereocenters. The van der Waals surface area contributed by atoms with Gasteiger partial charge < -0.3 is 10.1 Å². The molecule has 2 aromatic carbocycles. The van der Waals surface area contributed by atoms with E-state index < -0.39 is 16.7 Å². The lowest BCUT2D eigenvalue weighted by molar-refractivity contribution is -0.117. The second-order valence-electron chi connectivity index (χ2n) is 7.44. The van der Waals surface area contributed by atoms with Gasteiger partial charge in [0.25, 0.3) is 5.56 Å². The smallest absolute Gasteiger partial charge is 0.344 e. The number of rotatable bonds is 3. The summed E-state index contributed by atoms with van der Waals surface area (Å²) in [5, 5.41) is 7.36. The van der Waals surface area contributed by atoms with Crippen molar-refractivity contribution in [2.24, 2.45) is 7.05 Å². The number of carbonyl (C=O) groups is 1. The predicted molar refractivity (Wildman–Crippen MR) is 117 cm³/mol. The fraction of sp³-hybridized carbons (Fsp3) is 0.200. The van der Waals surface area contributed by atoms with Crippen molar-refractivity contribution < 1.29 is 9.53 Å². The number of anilines is 1. The Morgan fingerprint density at radius 1 is 1.10 bits per heavy atom. The first-order valence-electron chi connectivity index (χ1n) is 9.20. The first kappa shape index (κ1) is 20.1. The Balaban J connectivity index is 1.55. The largest absolute Gasteiger partial charge is 0.453 e. The van der Waals surface area contributed by atoms with Crippen LogP contribution in [0, 0.1) is 0 Å². The molecule has 2 heterocycles. The topological polar surface area (TPSA) is 106 Å². The standard InChI is InChI=1S/C20H13Cl3N4O4/c1-27-19(30)25-17(28)15(26-27)8-6-9(21)16(10(22)7-8)31-12-3-2-11-13(14(12)23)20(4-5-20)18(29)24-11/h2-3,6-7H,4-5H2,1H3,(H,24,29)(H,25,28,30). The van der Waals surface area contributed by atoms with E-state index in [2.05, 4.69) is 15.4 Å². The summed E-state index contributed by atoms with van der Waals surface area (Å²) in [5.74, 6) is 0.382. The molecule has 1 amide bonds. The lowest BCUT2D eigenvalue weighted by Crippen LogP contribution is -2.31. The van der Waals surface area contributed by atoms with E-state index in [0.29, 0.717) is 22.0 Å². The molecule has 11 heteroatoms. The fourth-order valence-corrected chi connectivity index (χ4v) is 4.68. The van der Waals surface area contributed by atoms with Crippen LogP contribution in [-0.2, 0) is 17.3 Å². The highest BCUT2D eigenvalue weighted by molar-refractivity contribution is 6.38. The number of hydrogen-bond acceptors (Lipinski definition) is 5. The summed E-state index contributed by atoms with van der Waals surface area (Å²) in [6, 6.07) is 6.27. The van der Waals surface area contributed by atoms with E-state index in [0.717, 1.165) is 23.1 Å². The summed E-state index contributed by atoms with van der Waals surface area (Å²) < 4.78 is 6.92. The normalized spacial score (nSPS) is 15.7. The van der Waals surface area contributed by atoms with Gasteiger partial charge in [-0.05, 0) is 37.1 Å². The maximum atomic E-state index is 12.3. The van der Waals surface area contributed by atoms with E-state index in [9.17, 15) is 14.4 Å². The van der Waals surface area contributed by atoms with Gasteiger partial charge in [0.05, 0.1) is 20.5 Å². The molecule has 1 aliphatic carbocycles. The zero-order valence-corrected chi connectivity index (χ0v) is 18.2. The summed E-state index contributed by atoms with van der Waals surface area (Å²) in [4.78, 5) is 38.1. The Morgan fingerprint density at radius 2 is 1.77 bits per heavy atom. The SMILES string of the molecule is Cn1nc(-c2cc(Cl)c(Oc3ccc4c(c3Cl)C3(CC3)C(=O)N4)c(Cl)c2)c(=O)[nH]c1=O. The molecule has 2 aliphatic rings. The molecule has 1 fully saturated rings. The zero-order chi connectivity index (χ0) is 22.1. The number of H-pyrrole nitrogens is 1. The zero-order valence-electron chi connectivity index (χ0n) is 15.9. The van der Waals surface area contributed by atoms with Crippen LogP contribution in [0.2, 0.25) is 15.1 Å². The first-order chi connectivity index (χ1) is 14.7. The molecule has 2 N–H and O–H groups in total. The van der Waals surface area contributed by atoms with Crippen molar-refractivity contribution in [3.05, 3.63) is 65.7 Å². The fourth-order valence-electron chi connectivity index (χ4n) is 3.74. The number of carbonyl (C=O) groups excluding carboxylic acids is 1. The Hall–Kier alpha value is -2.81. The van der Waals surface area contributed by atoms with Crippen molar-refractivity contribution in [3.8, 4) is 22.8 Å². The third-order valence-electron chi connectivity index (χ3n) is 5.48. The number of benzene rings is 2. The van der Waals surface area contributed by atoms with E-state index in [-0.39, 0.29) is 27.4 Å². The molecule has 1 spiro atoms. The molecule has 0 saturated heterocycles. The molecule has 0 bridgehead atoms. The van der Waals surface area contributed by atoms with Gasteiger partial charge >= 0.3 is 5.69 Å². The summed E-state index contributed by atoms with van der Waals surface area (Å²) in [5.41, 5.74) is -0.205. The molecular weight excluding hydrogens is 467 g/mol. The van der Waals surface area contributed by atoms with Crippen molar-refractivity contribution in [2.45, 2.75) is 18.3 Å². The van der Waals surface area contributed by atoms with Crippen LogP contribution >= 0.6 is 34.8 Å². The highest BCUT2D eigenvalue weighted by Gasteiger charge is 2.57. The second-order valence-corrected chi connectivity index (χ2v) is 8.63. The molecule has 0 radical (unpaired) electrons. The number of aryl methyl sites for hydroxylation is 1. The quantitative estimate of drug-likeness (QED) is 0.593. The predicted octanol–water partition coefficient (Wildman–Crippen LogP) is 3.87. The van der Waals surface area contributed by atoms with Crippen molar-refractivity contribution in [1.82, 2.24) is 14.8 Å². The number of ether oxygens (including phenoxy) is 1. The van der Waals surface area contributed by atoms with E-state index in [4.69, 9.17) is 39.5 Å². The Morgan fingerprint density at radius 3 is 2.42 bits per heavy atom. The molecular formula is C20H13Cl3N4O4. The molecule has 31 heavy (non-hydrogen) atoms. The van der Waals surface area contributed by atoms with Gasteiger partial charge in [-0.25, -0.2) is 9.48 Å². The average Bonchev–Trinajstić information content (AvgIpc) is 3.45. The number of fused-ring (bicyclic) bond motifs is 2. The summed E-state index contributed by atoms with van der Waals surface area (Å²) in [7, 11) is 1.41. The third kappa shape index (κ3) is 3.05. The van der Waals surface area contributed by atoms with Crippen molar-refractivity contribution in [2.75, 3.05) is 5.32 Å². The number of nitrogens with zero attached hydrogens (tertiary/aromatic N) is 2. The molecule has 3 aromatic rings. The Kier molecular flexibility index (Phi) is 4.44. The minimum absolute atomic E-state index is 0.0201. The monoisotopic (exact) mass is 478 g/mol. The van der Waals surface area contributed by atoms with Crippen LogP contribution in [0.15, 0.2) is 33.9 Å². The minimum atomic E-state index is -0.669. The van der Waals surface area contributed by atoms with Crippen LogP contribution < -0.4 is 21.3 Å². The third-order valence-corrected chi connectivity index (χ3v) is 6.42. The van der Waals surface area contributed by atoms with E-state index in [1.807, 2.05) is 0 Å². The number of hydrogen-bond donors (Lipinski definition) is 2. The number of aromatic amines is 1. The van der Waals surface area contributed by atoms with Gasteiger partial charge in [-0.3, -0.25) is 14.6 Å². The molecule has 1 saturated carbocycles. The van der Waals surface area contributed by atoms with Gasteiger partial charge in [-0.1, -0.05) is 34.8 Å². The highest BCUT2D eigenvalue weighted by atomic mass is 35.5. The number of halogens is 3. The number of nitrogens with one attached hydrogen (secondary N) is 2. The molecule has 8 nitrogen and oxygen atoms in total. The van der Waals surface area contributed by atoms with Crippen LogP contribution in [0.3, 0.4) is 0 Å². The Bertz CT molecular complexity index is 1390. The first-order valence-corrected chi connectivity index (χ1v) is 10.3. The summed E-state index contributed by atoms with van der Waals surface area (Å²) >= 11 is 19.4. The van der Waals surface area contributed by atoms with Gasteiger partial charge in [0, 0.05) is 23.9 Å². The molecule has 158 valence electrons.